The molecule has 0 fully saturated rings. The molecular formula is C28H24F6N2O4. The fourth-order valence-corrected chi connectivity index (χ4v) is 4.94. The van der Waals surface area contributed by atoms with E-state index in [2.05, 4.69) is 4.74 Å². The van der Waals surface area contributed by atoms with Gasteiger partial charge in [0.05, 0.1) is 18.1 Å². The minimum Gasteiger partial charge on any atom is -0.406 e. The SMILES string of the molecule is C[C@]1(C(=O)NCC(F)(F)F)c2ccccc2C(=O)N(Cc2ccc(OC(F)(F)F)cc2)[C@H]1c1ccc(CO)cc1. The minimum atomic E-state index is -4.90. The van der Waals surface area contributed by atoms with Gasteiger partial charge in [-0.2, -0.15) is 13.2 Å². The monoisotopic (exact) mass is 566 g/mol. The van der Waals surface area contributed by atoms with Gasteiger partial charge in [-0.05, 0) is 47.4 Å². The summed E-state index contributed by atoms with van der Waals surface area (Å²) in [6.45, 7) is -0.615. The fourth-order valence-electron chi connectivity index (χ4n) is 4.94. The van der Waals surface area contributed by atoms with E-state index in [1.807, 2.05) is 5.32 Å². The van der Waals surface area contributed by atoms with Crippen molar-refractivity contribution in [2.75, 3.05) is 6.54 Å². The first-order valence-electron chi connectivity index (χ1n) is 12.0. The molecule has 3 aromatic rings. The Morgan fingerprint density at radius 3 is 2.12 bits per heavy atom. The number of nitrogens with zero attached hydrogens (tertiary/aromatic N) is 1. The molecule has 0 unspecified atom stereocenters. The number of amides is 2. The highest BCUT2D eigenvalue weighted by molar-refractivity contribution is 6.03. The molecule has 2 atom stereocenters. The molecule has 12 heteroatoms. The molecule has 4 rings (SSSR count). The van der Waals surface area contributed by atoms with Crippen LogP contribution >= 0.6 is 0 Å². The van der Waals surface area contributed by atoms with E-state index in [4.69, 9.17) is 0 Å². The Morgan fingerprint density at radius 1 is 0.950 bits per heavy atom. The van der Waals surface area contributed by atoms with Crippen LogP contribution < -0.4 is 10.1 Å². The van der Waals surface area contributed by atoms with Crippen molar-refractivity contribution in [2.24, 2.45) is 0 Å². The first-order valence-corrected chi connectivity index (χ1v) is 12.0. The van der Waals surface area contributed by atoms with Crippen molar-refractivity contribution in [1.82, 2.24) is 10.2 Å². The van der Waals surface area contributed by atoms with Crippen LogP contribution in [0.4, 0.5) is 26.3 Å². The van der Waals surface area contributed by atoms with E-state index < -0.39 is 48.1 Å². The maximum atomic E-state index is 13.8. The van der Waals surface area contributed by atoms with Gasteiger partial charge in [0.25, 0.3) is 5.91 Å². The smallest absolute Gasteiger partial charge is 0.406 e. The second-order valence-electron chi connectivity index (χ2n) is 9.47. The van der Waals surface area contributed by atoms with Crippen LogP contribution in [0.25, 0.3) is 0 Å². The van der Waals surface area contributed by atoms with Crippen LogP contribution in [-0.2, 0) is 23.4 Å². The largest absolute Gasteiger partial charge is 0.573 e. The lowest BCUT2D eigenvalue weighted by Gasteiger charge is -2.48. The second-order valence-corrected chi connectivity index (χ2v) is 9.47. The zero-order valence-electron chi connectivity index (χ0n) is 21.0. The third-order valence-electron chi connectivity index (χ3n) is 6.75. The molecule has 2 N–H and O–H groups in total. The number of benzene rings is 3. The van der Waals surface area contributed by atoms with Gasteiger partial charge >= 0.3 is 12.5 Å². The topological polar surface area (TPSA) is 78.9 Å². The van der Waals surface area contributed by atoms with Crippen LogP contribution in [0.1, 0.15) is 45.6 Å². The van der Waals surface area contributed by atoms with Crippen LogP contribution in [0.2, 0.25) is 0 Å². The quantitative estimate of drug-likeness (QED) is 0.375. The molecule has 0 saturated carbocycles. The second kappa shape index (κ2) is 10.8. The highest BCUT2D eigenvalue weighted by Gasteiger charge is 2.53. The van der Waals surface area contributed by atoms with Crippen molar-refractivity contribution in [3.05, 3.63) is 101 Å². The van der Waals surface area contributed by atoms with Crippen molar-refractivity contribution < 1.29 is 45.8 Å². The summed E-state index contributed by atoms with van der Waals surface area (Å²) >= 11 is 0. The Bertz CT molecular complexity index is 1370. The number of ether oxygens (including phenoxy) is 1. The number of fused-ring (bicyclic) bond motifs is 1. The molecule has 1 aliphatic rings. The molecule has 0 spiro atoms. The van der Waals surface area contributed by atoms with Crippen molar-refractivity contribution in [2.45, 2.75) is 44.1 Å². The Morgan fingerprint density at radius 2 is 1.55 bits per heavy atom. The Labute approximate surface area is 225 Å². The standard InChI is InChI=1S/C28H24F6N2O4/c1-26(25(39)35-16-27(29,30)31)22-5-3-2-4-21(22)24(38)36(23(26)19-10-6-18(15-37)7-11-19)14-17-8-12-20(13-9-17)40-28(32,33)34/h2-13,23,37H,14-16H2,1H3,(H,35,39)/t23-,26-/m0/s1. The molecule has 0 aliphatic carbocycles. The van der Waals surface area contributed by atoms with Gasteiger partial charge in [-0.1, -0.05) is 54.6 Å². The number of aliphatic hydroxyl groups excluding tert-OH is 1. The van der Waals surface area contributed by atoms with Gasteiger partial charge in [0.2, 0.25) is 5.91 Å². The van der Waals surface area contributed by atoms with Crippen LogP contribution in [0.5, 0.6) is 5.75 Å². The van der Waals surface area contributed by atoms with E-state index in [1.165, 1.54) is 36.1 Å². The lowest BCUT2D eigenvalue weighted by molar-refractivity contribution is -0.274. The van der Waals surface area contributed by atoms with Crippen molar-refractivity contribution in [3.8, 4) is 5.75 Å². The fraction of sp³-hybridized carbons (Fsp3) is 0.286. The summed E-state index contributed by atoms with van der Waals surface area (Å²) < 4.78 is 81.0. The van der Waals surface area contributed by atoms with E-state index in [0.717, 1.165) is 12.1 Å². The van der Waals surface area contributed by atoms with Gasteiger partial charge in [0.15, 0.2) is 0 Å². The lowest BCUT2D eigenvalue weighted by atomic mass is 9.67. The molecule has 0 radical (unpaired) electrons. The van der Waals surface area contributed by atoms with Crippen molar-refractivity contribution >= 4 is 11.8 Å². The molecule has 3 aromatic carbocycles. The van der Waals surface area contributed by atoms with Gasteiger partial charge in [-0.15, -0.1) is 13.2 Å². The van der Waals surface area contributed by atoms with Crippen LogP contribution in [-0.4, -0.2) is 40.9 Å². The first kappa shape index (κ1) is 28.9. The molecular weight excluding hydrogens is 542 g/mol. The zero-order chi connectivity index (χ0) is 29.3. The average molecular weight is 566 g/mol. The predicted octanol–water partition coefficient (Wildman–Crippen LogP) is 5.41. The maximum absolute atomic E-state index is 13.8. The van der Waals surface area contributed by atoms with Crippen molar-refractivity contribution in [3.63, 3.8) is 0 Å². The van der Waals surface area contributed by atoms with E-state index >= 15 is 0 Å². The summed E-state index contributed by atoms with van der Waals surface area (Å²) in [4.78, 5) is 28.7. The van der Waals surface area contributed by atoms with Gasteiger partial charge in [0, 0.05) is 12.1 Å². The third-order valence-corrected chi connectivity index (χ3v) is 6.75. The summed E-state index contributed by atoms with van der Waals surface area (Å²) in [5.74, 6) is -1.97. The summed E-state index contributed by atoms with van der Waals surface area (Å²) in [5.41, 5.74) is -0.0654. The molecule has 6 nitrogen and oxygen atoms in total. The molecule has 40 heavy (non-hydrogen) atoms. The van der Waals surface area contributed by atoms with Crippen LogP contribution in [0.15, 0.2) is 72.8 Å². The summed E-state index contributed by atoms with van der Waals surface area (Å²) in [6.07, 6.45) is -9.58. The molecule has 0 saturated heterocycles. The number of nitrogens with one attached hydrogen (secondary N) is 1. The highest BCUT2D eigenvalue weighted by Crippen LogP contribution is 2.48. The molecule has 0 bridgehead atoms. The Hall–Kier alpha value is -4.06. The molecule has 1 aliphatic heterocycles. The number of hydrogen-bond acceptors (Lipinski definition) is 4. The Kier molecular flexibility index (Phi) is 7.84. The number of alkyl halides is 6. The Balaban J connectivity index is 1.83. The summed E-state index contributed by atoms with van der Waals surface area (Å²) in [6, 6.07) is 16.0. The molecule has 0 aromatic heterocycles. The summed E-state index contributed by atoms with van der Waals surface area (Å²) in [7, 11) is 0. The normalized spacial score (nSPS) is 19.2. The average Bonchev–Trinajstić information content (AvgIpc) is 2.90. The number of hydrogen-bond donors (Lipinski definition) is 2. The zero-order valence-corrected chi connectivity index (χ0v) is 21.0. The highest BCUT2D eigenvalue weighted by atomic mass is 19.4. The number of halogens is 6. The van der Waals surface area contributed by atoms with E-state index in [0.29, 0.717) is 16.7 Å². The van der Waals surface area contributed by atoms with E-state index in [-0.39, 0.29) is 24.3 Å². The van der Waals surface area contributed by atoms with E-state index in [9.17, 15) is 41.0 Å². The predicted molar refractivity (Wildman–Crippen MR) is 131 cm³/mol. The summed E-state index contributed by atoms with van der Waals surface area (Å²) in [5, 5.41) is 11.4. The third kappa shape index (κ3) is 6.06. The van der Waals surface area contributed by atoms with Gasteiger partial charge in [-0.25, -0.2) is 0 Å². The number of carbonyl (C=O) groups is 2. The van der Waals surface area contributed by atoms with Crippen LogP contribution in [0, 0.1) is 0 Å². The number of carbonyl (C=O) groups excluding carboxylic acids is 2. The van der Waals surface area contributed by atoms with Gasteiger partial charge in [0.1, 0.15) is 12.3 Å². The maximum Gasteiger partial charge on any atom is 0.573 e. The minimum absolute atomic E-state index is 0.104. The van der Waals surface area contributed by atoms with E-state index in [1.54, 1.807) is 36.4 Å². The number of aliphatic hydroxyl groups is 1. The van der Waals surface area contributed by atoms with Crippen LogP contribution in [0.3, 0.4) is 0 Å². The molecule has 1 heterocycles. The van der Waals surface area contributed by atoms with Crippen molar-refractivity contribution in [1.29, 1.82) is 0 Å². The lowest BCUT2D eigenvalue weighted by Crippen LogP contribution is -2.57. The first-order chi connectivity index (χ1) is 18.7. The number of rotatable bonds is 7. The molecule has 212 valence electrons. The van der Waals surface area contributed by atoms with Gasteiger partial charge < -0.3 is 20.1 Å². The molecule has 2 amide bonds. The van der Waals surface area contributed by atoms with Gasteiger partial charge in [-0.3, -0.25) is 9.59 Å².